The first kappa shape index (κ1) is 14.0. The molecular formula is C16H19ClN2S. The molecule has 1 fully saturated rings. The van der Waals surface area contributed by atoms with Gasteiger partial charge in [0, 0.05) is 33.6 Å². The molecule has 0 saturated heterocycles. The second kappa shape index (κ2) is 6.23. The van der Waals surface area contributed by atoms with E-state index in [2.05, 4.69) is 41.1 Å². The van der Waals surface area contributed by atoms with E-state index in [4.69, 9.17) is 11.6 Å². The molecule has 4 heteroatoms. The minimum Gasteiger partial charge on any atom is -0.382 e. The van der Waals surface area contributed by atoms with Gasteiger partial charge in [0.15, 0.2) is 0 Å². The summed E-state index contributed by atoms with van der Waals surface area (Å²) in [6, 6.07) is 8.56. The van der Waals surface area contributed by atoms with Crippen molar-refractivity contribution < 1.29 is 0 Å². The molecule has 2 aromatic rings. The minimum atomic E-state index is 0.584. The van der Waals surface area contributed by atoms with E-state index in [1.165, 1.54) is 30.7 Å². The lowest BCUT2D eigenvalue weighted by Gasteiger charge is -2.16. The average molecular weight is 307 g/mol. The third-order valence-electron chi connectivity index (χ3n) is 3.85. The third kappa shape index (κ3) is 3.04. The molecule has 2 atom stereocenters. The number of fused-ring (bicyclic) bond motifs is 1. The van der Waals surface area contributed by atoms with Gasteiger partial charge in [-0.05, 0) is 49.3 Å². The van der Waals surface area contributed by atoms with Crippen molar-refractivity contribution in [1.82, 2.24) is 4.98 Å². The van der Waals surface area contributed by atoms with Gasteiger partial charge in [0.1, 0.15) is 0 Å². The molecule has 2 nitrogen and oxygen atoms in total. The molecule has 0 spiro atoms. The number of anilines is 1. The van der Waals surface area contributed by atoms with Crippen LogP contribution in [0.2, 0.25) is 5.02 Å². The van der Waals surface area contributed by atoms with E-state index >= 15 is 0 Å². The molecule has 1 aliphatic carbocycles. The number of nitrogens with zero attached hydrogens (tertiary/aromatic N) is 1. The molecule has 20 heavy (non-hydrogen) atoms. The van der Waals surface area contributed by atoms with Crippen molar-refractivity contribution in [3.05, 3.63) is 35.5 Å². The van der Waals surface area contributed by atoms with Crippen LogP contribution in [0.25, 0.3) is 10.9 Å². The molecule has 1 N–H and O–H groups in total. The number of hydrogen-bond acceptors (Lipinski definition) is 3. The van der Waals surface area contributed by atoms with Crippen LogP contribution < -0.4 is 5.32 Å². The first-order valence-electron chi connectivity index (χ1n) is 7.18. The summed E-state index contributed by atoms with van der Waals surface area (Å²) in [6.45, 7) is 2.24. The van der Waals surface area contributed by atoms with Crippen molar-refractivity contribution in [2.24, 2.45) is 0 Å². The number of rotatable bonds is 4. The number of nitrogens with one attached hydrogen (secondary N) is 1. The van der Waals surface area contributed by atoms with Crippen LogP contribution in [0, 0.1) is 0 Å². The summed E-state index contributed by atoms with van der Waals surface area (Å²) in [5, 5.41) is 6.41. The molecule has 0 bridgehead atoms. The second-order valence-electron chi connectivity index (χ2n) is 5.25. The number of aromatic nitrogens is 1. The van der Waals surface area contributed by atoms with Crippen LogP contribution in [0.3, 0.4) is 0 Å². The smallest absolute Gasteiger partial charge is 0.0737 e. The largest absolute Gasteiger partial charge is 0.382 e. The summed E-state index contributed by atoms with van der Waals surface area (Å²) in [6.07, 6.45) is 5.70. The first-order chi connectivity index (χ1) is 9.76. The van der Waals surface area contributed by atoms with E-state index in [9.17, 15) is 0 Å². The Bertz CT molecular complexity index is 602. The molecule has 0 radical (unpaired) electrons. The molecular weight excluding hydrogens is 288 g/mol. The minimum absolute atomic E-state index is 0.584. The van der Waals surface area contributed by atoms with E-state index in [-0.39, 0.29) is 0 Å². The average Bonchev–Trinajstić information content (AvgIpc) is 2.86. The summed E-state index contributed by atoms with van der Waals surface area (Å²) in [5.41, 5.74) is 2.14. The number of benzene rings is 1. The van der Waals surface area contributed by atoms with E-state index in [0.29, 0.717) is 6.04 Å². The second-order valence-corrected chi connectivity index (χ2v) is 7.27. The standard InChI is InChI=1S/C16H19ClN2S/c1-2-20-13-5-4-12(10-13)19-15-7-8-18-16-9-11(17)3-6-14(15)16/h3,6-9,12-13H,2,4-5,10H2,1H3,(H,18,19). The van der Waals surface area contributed by atoms with E-state index in [1.807, 2.05) is 18.3 Å². The monoisotopic (exact) mass is 306 g/mol. The predicted molar refractivity (Wildman–Crippen MR) is 89.9 cm³/mol. The molecule has 3 rings (SSSR count). The molecule has 1 saturated carbocycles. The lowest BCUT2D eigenvalue weighted by atomic mass is 10.1. The summed E-state index contributed by atoms with van der Waals surface area (Å²) in [4.78, 5) is 4.39. The molecule has 1 aromatic heterocycles. The number of thioether (sulfide) groups is 1. The van der Waals surface area contributed by atoms with Gasteiger partial charge in [-0.1, -0.05) is 18.5 Å². The Morgan fingerprint density at radius 3 is 3.10 bits per heavy atom. The predicted octanol–water partition coefficient (Wildman–Crippen LogP) is 4.97. The molecule has 0 amide bonds. The highest BCUT2D eigenvalue weighted by molar-refractivity contribution is 7.99. The Kier molecular flexibility index (Phi) is 4.37. The van der Waals surface area contributed by atoms with Gasteiger partial charge in [-0.15, -0.1) is 0 Å². The van der Waals surface area contributed by atoms with Crippen molar-refractivity contribution >= 4 is 40.0 Å². The molecule has 2 unspecified atom stereocenters. The zero-order valence-corrected chi connectivity index (χ0v) is 13.2. The van der Waals surface area contributed by atoms with Gasteiger partial charge in [-0.2, -0.15) is 11.8 Å². The van der Waals surface area contributed by atoms with Crippen molar-refractivity contribution in [3.63, 3.8) is 0 Å². The fraction of sp³-hybridized carbons (Fsp3) is 0.438. The summed E-state index contributed by atoms with van der Waals surface area (Å²) in [5.74, 6) is 1.22. The van der Waals surface area contributed by atoms with Crippen molar-refractivity contribution in [2.75, 3.05) is 11.1 Å². The SMILES string of the molecule is CCSC1CCC(Nc2ccnc3cc(Cl)ccc23)C1. The highest BCUT2D eigenvalue weighted by atomic mass is 35.5. The van der Waals surface area contributed by atoms with Crippen LogP contribution in [0.15, 0.2) is 30.5 Å². The number of hydrogen-bond donors (Lipinski definition) is 1. The lowest BCUT2D eigenvalue weighted by Crippen LogP contribution is -2.16. The Labute approximate surface area is 129 Å². The highest BCUT2D eigenvalue weighted by Gasteiger charge is 2.24. The fourth-order valence-electron chi connectivity index (χ4n) is 2.93. The summed E-state index contributed by atoms with van der Waals surface area (Å²) >= 11 is 8.12. The Balaban J connectivity index is 1.78. The van der Waals surface area contributed by atoms with Crippen molar-refractivity contribution in [2.45, 2.75) is 37.5 Å². The Hall–Kier alpha value is -0.930. The van der Waals surface area contributed by atoms with Gasteiger partial charge >= 0.3 is 0 Å². The van der Waals surface area contributed by atoms with Crippen molar-refractivity contribution in [3.8, 4) is 0 Å². The van der Waals surface area contributed by atoms with E-state index in [0.717, 1.165) is 21.2 Å². The first-order valence-corrected chi connectivity index (χ1v) is 8.61. The Morgan fingerprint density at radius 2 is 2.25 bits per heavy atom. The Morgan fingerprint density at radius 1 is 1.35 bits per heavy atom. The topological polar surface area (TPSA) is 24.9 Å². The number of halogens is 1. The molecule has 1 aromatic carbocycles. The molecule has 0 aliphatic heterocycles. The maximum atomic E-state index is 6.03. The van der Waals surface area contributed by atoms with E-state index < -0.39 is 0 Å². The van der Waals surface area contributed by atoms with Gasteiger partial charge in [-0.3, -0.25) is 4.98 Å². The van der Waals surface area contributed by atoms with Crippen molar-refractivity contribution in [1.29, 1.82) is 0 Å². The maximum absolute atomic E-state index is 6.03. The third-order valence-corrected chi connectivity index (χ3v) is 5.32. The maximum Gasteiger partial charge on any atom is 0.0737 e. The van der Waals surface area contributed by atoms with E-state index in [1.54, 1.807) is 0 Å². The van der Waals surface area contributed by atoms with Gasteiger partial charge in [-0.25, -0.2) is 0 Å². The summed E-state index contributed by atoms with van der Waals surface area (Å²) < 4.78 is 0. The molecule has 1 aliphatic rings. The van der Waals surface area contributed by atoms with Crippen LogP contribution >= 0.6 is 23.4 Å². The van der Waals surface area contributed by atoms with Gasteiger partial charge in [0.25, 0.3) is 0 Å². The normalized spacial score (nSPS) is 22.3. The highest BCUT2D eigenvalue weighted by Crippen LogP contribution is 2.33. The lowest BCUT2D eigenvalue weighted by molar-refractivity contribution is 0.758. The summed E-state index contributed by atoms with van der Waals surface area (Å²) in [7, 11) is 0. The van der Waals surface area contributed by atoms with Gasteiger partial charge in [0.2, 0.25) is 0 Å². The molecule has 1 heterocycles. The van der Waals surface area contributed by atoms with Gasteiger partial charge in [0.05, 0.1) is 5.52 Å². The van der Waals surface area contributed by atoms with Crippen LogP contribution in [-0.4, -0.2) is 22.0 Å². The van der Waals surface area contributed by atoms with Crippen LogP contribution in [-0.2, 0) is 0 Å². The number of pyridine rings is 1. The van der Waals surface area contributed by atoms with Crippen LogP contribution in [0.1, 0.15) is 26.2 Å². The van der Waals surface area contributed by atoms with Gasteiger partial charge < -0.3 is 5.32 Å². The van der Waals surface area contributed by atoms with Crippen LogP contribution in [0.4, 0.5) is 5.69 Å². The molecule has 106 valence electrons. The zero-order chi connectivity index (χ0) is 13.9. The fourth-order valence-corrected chi connectivity index (χ4v) is 4.23. The van der Waals surface area contributed by atoms with Crippen LogP contribution in [0.5, 0.6) is 0 Å². The quantitative estimate of drug-likeness (QED) is 0.863. The zero-order valence-electron chi connectivity index (χ0n) is 11.6.